The maximum Gasteiger partial charge on any atom is 0.322 e. The molecule has 0 spiro atoms. The Labute approximate surface area is 167 Å². The molecule has 1 unspecified atom stereocenters. The SMILES string of the molecule is CC1c2cccn2-c2sc3c(c2CN1C(=O)Nc1ccc(F)cc1)CCCC3. The highest BCUT2D eigenvalue weighted by molar-refractivity contribution is 7.15. The number of urea groups is 1. The van der Waals surface area contributed by atoms with Gasteiger partial charge in [0.25, 0.3) is 0 Å². The fraction of sp³-hybridized carbons (Fsp3) is 0.318. The van der Waals surface area contributed by atoms with E-state index in [1.807, 2.05) is 16.2 Å². The fourth-order valence-electron chi connectivity index (χ4n) is 4.34. The van der Waals surface area contributed by atoms with Crippen LogP contribution in [0.1, 0.15) is 47.5 Å². The number of nitrogens with zero attached hydrogens (tertiary/aromatic N) is 2. The summed E-state index contributed by atoms with van der Waals surface area (Å²) in [6.07, 6.45) is 6.80. The lowest BCUT2D eigenvalue weighted by atomic mass is 9.95. The molecule has 6 heteroatoms. The number of thiophene rings is 1. The highest BCUT2D eigenvalue weighted by Gasteiger charge is 2.32. The number of carbonyl (C=O) groups excluding carboxylic acids is 1. The van der Waals surface area contributed by atoms with Gasteiger partial charge in [0, 0.05) is 28.0 Å². The van der Waals surface area contributed by atoms with E-state index in [-0.39, 0.29) is 17.9 Å². The van der Waals surface area contributed by atoms with Crippen LogP contribution in [0.5, 0.6) is 0 Å². The van der Waals surface area contributed by atoms with Crippen LogP contribution in [0.3, 0.4) is 0 Å². The van der Waals surface area contributed by atoms with Crippen molar-refractivity contribution in [2.45, 2.75) is 45.2 Å². The Balaban J connectivity index is 1.54. The Kier molecular flexibility index (Phi) is 4.23. The smallest absolute Gasteiger partial charge is 0.312 e. The summed E-state index contributed by atoms with van der Waals surface area (Å²) in [6, 6.07) is 9.84. The molecule has 28 heavy (non-hydrogen) atoms. The van der Waals surface area contributed by atoms with Crippen LogP contribution in [0.2, 0.25) is 0 Å². The van der Waals surface area contributed by atoms with Gasteiger partial charge >= 0.3 is 6.03 Å². The third kappa shape index (κ3) is 2.83. The Hall–Kier alpha value is -2.60. The molecule has 3 aromatic rings. The number of hydrogen-bond acceptors (Lipinski definition) is 2. The molecule has 1 atom stereocenters. The van der Waals surface area contributed by atoms with Gasteiger partial charge in [0.15, 0.2) is 0 Å². The fourth-order valence-corrected chi connectivity index (χ4v) is 5.74. The molecule has 1 aliphatic carbocycles. The van der Waals surface area contributed by atoms with Gasteiger partial charge in [-0.25, -0.2) is 9.18 Å². The first kappa shape index (κ1) is 17.5. The van der Waals surface area contributed by atoms with Crippen LogP contribution in [-0.2, 0) is 19.4 Å². The summed E-state index contributed by atoms with van der Waals surface area (Å²) in [4.78, 5) is 16.5. The molecule has 2 aliphatic rings. The van der Waals surface area contributed by atoms with E-state index in [4.69, 9.17) is 0 Å². The minimum Gasteiger partial charge on any atom is -0.312 e. The van der Waals surface area contributed by atoms with Crippen LogP contribution in [0, 0.1) is 5.82 Å². The van der Waals surface area contributed by atoms with Crippen LogP contribution in [0.15, 0.2) is 42.6 Å². The zero-order chi connectivity index (χ0) is 19.3. The number of aromatic nitrogens is 1. The van der Waals surface area contributed by atoms with E-state index in [1.165, 1.54) is 46.0 Å². The van der Waals surface area contributed by atoms with Crippen molar-refractivity contribution in [3.8, 4) is 5.00 Å². The maximum absolute atomic E-state index is 13.2. The van der Waals surface area contributed by atoms with Gasteiger partial charge in [-0.2, -0.15) is 0 Å². The lowest BCUT2D eigenvalue weighted by Crippen LogP contribution is -2.36. The van der Waals surface area contributed by atoms with Crippen molar-refractivity contribution < 1.29 is 9.18 Å². The average molecular weight is 396 g/mol. The summed E-state index contributed by atoms with van der Waals surface area (Å²) in [5.41, 5.74) is 4.45. The van der Waals surface area contributed by atoms with Gasteiger partial charge < -0.3 is 14.8 Å². The maximum atomic E-state index is 13.2. The highest BCUT2D eigenvalue weighted by atomic mass is 32.1. The van der Waals surface area contributed by atoms with Crippen molar-refractivity contribution in [1.82, 2.24) is 9.47 Å². The van der Waals surface area contributed by atoms with Crippen molar-refractivity contribution in [1.29, 1.82) is 0 Å². The van der Waals surface area contributed by atoms with Gasteiger partial charge in [0.2, 0.25) is 0 Å². The Morgan fingerprint density at radius 1 is 1.14 bits per heavy atom. The minimum absolute atomic E-state index is 0.0608. The van der Waals surface area contributed by atoms with Crippen molar-refractivity contribution in [2.75, 3.05) is 5.32 Å². The van der Waals surface area contributed by atoms with Crippen LogP contribution < -0.4 is 5.32 Å². The second-order valence-corrected chi connectivity index (χ2v) is 8.62. The first-order valence-corrected chi connectivity index (χ1v) is 10.6. The van der Waals surface area contributed by atoms with Gasteiger partial charge in [0.1, 0.15) is 10.8 Å². The first-order chi connectivity index (χ1) is 13.6. The van der Waals surface area contributed by atoms with Gasteiger partial charge in [-0.3, -0.25) is 0 Å². The summed E-state index contributed by atoms with van der Waals surface area (Å²) in [6.45, 7) is 2.66. The average Bonchev–Trinajstić information content (AvgIpc) is 3.29. The van der Waals surface area contributed by atoms with Gasteiger partial charge in [-0.1, -0.05) is 0 Å². The van der Waals surface area contributed by atoms with Crippen molar-refractivity contribution in [3.63, 3.8) is 0 Å². The number of rotatable bonds is 1. The molecule has 1 aromatic carbocycles. The Morgan fingerprint density at radius 2 is 1.93 bits per heavy atom. The first-order valence-electron chi connectivity index (χ1n) is 9.76. The summed E-state index contributed by atoms with van der Waals surface area (Å²) in [7, 11) is 0. The van der Waals surface area contributed by atoms with Crippen LogP contribution >= 0.6 is 11.3 Å². The number of benzene rings is 1. The van der Waals surface area contributed by atoms with E-state index in [9.17, 15) is 9.18 Å². The zero-order valence-electron chi connectivity index (χ0n) is 15.7. The minimum atomic E-state index is -0.312. The number of hydrogen-bond donors (Lipinski definition) is 1. The topological polar surface area (TPSA) is 37.3 Å². The standard InChI is InChI=1S/C22H22FN3OS/c1-14-19-6-4-12-25(19)21-18(17-5-2-3-7-20(17)28-21)13-26(14)22(27)24-16-10-8-15(23)9-11-16/h4,6,8-12,14H,2-3,5,7,13H2,1H3,(H,24,27). The van der Waals surface area contributed by atoms with E-state index in [0.29, 0.717) is 12.2 Å². The van der Waals surface area contributed by atoms with Crippen molar-refractivity contribution in [2.24, 2.45) is 0 Å². The molecule has 3 heterocycles. The van der Waals surface area contributed by atoms with E-state index in [2.05, 4.69) is 35.1 Å². The molecular weight excluding hydrogens is 373 g/mol. The molecular formula is C22H22FN3OS. The lowest BCUT2D eigenvalue weighted by molar-refractivity contribution is 0.189. The number of fused-ring (bicyclic) bond motifs is 5. The largest absolute Gasteiger partial charge is 0.322 e. The molecule has 144 valence electrons. The van der Waals surface area contributed by atoms with E-state index >= 15 is 0 Å². The Bertz CT molecular complexity index is 1040. The summed E-state index contributed by atoms with van der Waals surface area (Å²) in [5, 5.41) is 4.20. The Morgan fingerprint density at radius 3 is 2.75 bits per heavy atom. The van der Waals surface area contributed by atoms with Crippen molar-refractivity contribution in [3.05, 3.63) is 70.1 Å². The molecule has 0 saturated heterocycles. The number of anilines is 1. The van der Waals surface area contributed by atoms with Gasteiger partial charge in [0.05, 0.1) is 12.6 Å². The number of nitrogens with one attached hydrogen (secondary N) is 1. The van der Waals surface area contributed by atoms with Gasteiger partial charge in [-0.05, 0) is 74.6 Å². The molecule has 1 aliphatic heterocycles. The predicted octanol–water partition coefficient (Wildman–Crippen LogP) is 5.67. The van der Waals surface area contributed by atoms with Gasteiger partial charge in [-0.15, -0.1) is 11.3 Å². The zero-order valence-corrected chi connectivity index (χ0v) is 16.6. The number of amides is 2. The number of aryl methyl sites for hydroxylation is 1. The van der Waals surface area contributed by atoms with E-state index < -0.39 is 0 Å². The normalized spacial score (nSPS) is 18.1. The number of halogens is 1. The molecule has 5 rings (SSSR count). The lowest BCUT2D eigenvalue weighted by Gasteiger charge is -2.28. The predicted molar refractivity (Wildman–Crippen MR) is 110 cm³/mol. The summed E-state index contributed by atoms with van der Waals surface area (Å²) in [5.74, 6) is -0.312. The van der Waals surface area contributed by atoms with Crippen LogP contribution in [0.25, 0.3) is 5.00 Å². The quantitative estimate of drug-likeness (QED) is 0.567. The third-order valence-electron chi connectivity index (χ3n) is 5.84. The molecule has 2 amide bonds. The molecule has 2 aromatic heterocycles. The molecule has 0 saturated carbocycles. The molecule has 0 fully saturated rings. The second-order valence-electron chi connectivity index (χ2n) is 7.54. The number of carbonyl (C=O) groups is 1. The molecule has 1 N–H and O–H groups in total. The van der Waals surface area contributed by atoms with E-state index in [0.717, 1.165) is 18.5 Å². The van der Waals surface area contributed by atoms with Crippen molar-refractivity contribution >= 4 is 23.1 Å². The van der Waals surface area contributed by atoms with Crippen LogP contribution in [-0.4, -0.2) is 15.5 Å². The van der Waals surface area contributed by atoms with Crippen LogP contribution in [0.4, 0.5) is 14.9 Å². The van der Waals surface area contributed by atoms with E-state index in [1.54, 1.807) is 12.1 Å². The second kappa shape index (κ2) is 6.78. The molecule has 0 radical (unpaired) electrons. The summed E-state index contributed by atoms with van der Waals surface area (Å²) < 4.78 is 15.4. The summed E-state index contributed by atoms with van der Waals surface area (Å²) >= 11 is 1.88. The monoisotopic (exact) mass is 395 g/mol. The molecule has 0 bridgehead atoms. The highest BCUT2D eigenvalue weighted by Crippen LogP contribution is 2.42. The third-order valence-corrected chi connectivity index (χ3v) is 7.17. The molecule has 4 nitrogen and oxygen atoms in total.